The lowest BCUT2D eigenvalue weighted by atomic mass is 10.1. The van der Waals surface area contributed by atoms with E-state index in [2.05, 4.69) is 0 Å². The minimum absolute atomic E-state index is 0.318. The Morgan fingerprint density at radius 2 is 1.88 bits per heavy atom. The van der Waals surface area contributed by atoms with Gasteiger partial charge in [-0.2, -0.15) is 0 Å². The number of benzene rings is 1. The molecule has 1 fully saturated rings. The van der Waals surface area contributed by atoms with Gasteiger partial charge in [0.05, 0.1) is 0 Å². The van der Waals surface area contributed by atoms with Crippen LogP contribution in [0, 0.1) is 0 Å². The van der Waals surface area contributed by atoms with E-state index in [-0.39, 0.29) is 0 Å². The summed E-state index contributed by atoms with van der Waals surface area (Å²) in [6.07, 6.45) is 5.03. The number of carbonyl (C=O) groups is 1. The zero-order valence-corrected chi connectivity index (χ0v) is 10.2. The fraction of sp³-hybridized carbons (Fsp3) is 0.500. The van der Waals surface area contributed by atoms with E-state index < -0.39 is 0 Å². The molecule has 1 aromatic rings. The molecule has 0 spiro atoms. The van der Waals surface area contributed by atoms with Crippen molar-refractivity contribution < 1.29 is 4.79 Å². The van der Waals surface area contributed by atoms with E-state index in [1.165, 1.54) is 12.0 Å². The Labute approximate surface area is 103 Å². The Balaban J connectivity index is 1.88. The highest BCUT2D eigenvalue weighted by atomic mass is 16.2. The van der Waals surface area contributed by atoms with Crippen LogP contribution in [0.5, 0.6) is 0 Å². The van der Waals surface area contributed by atoms with Gasteiger partial charge in [-0.15, -0.1) is 0 Å². The van der Waals surface area contributed by atoms with Gasteiger partial charge in [-0.1, -0.05) is 18.6 Å². The van der Waals surface area contributed by atoms with E-state index in [4.69, 9.17) is 5.73 Å². The standard InChI is InChI=1S/C14H20N2O/c15-13-7-5-12(6-8-13)9-11-16-10-3-1-2-4-14(16)17/h5-8H,1-4,9-11,15H2. The Morgan fingerprint density at radius 1 is 1.12 bits per heavy atom. The third-order valence-corrected chi connectivity index (χ3v) is 3.32. The van der Waals surface area contributed by atoms with Gasteiger partial charge < -0.3 is 10.6 Å². The molecule has 0 unspecified atom stereocenters. The molecule has 0 saturated carbocycles. The second kappa shape index (κ2) is 5.71. The molecule has 1 aromatic carbocycles. The van der Waals surface area contributed by atoms with Crippen LogP contribution in [0.15, 0.2) is 24.3 Å². The highest BCUT2D eigenvalue weighted by molar-refractivity contribution is 5.76. The normalized spacial score (nSPS) is 16.9. The minimum Gasteiger partial charge on any atom is -0.399 e. The molecule has 17 heavy (non-hydrogen) atoms. The molecule has 92 valence electrons. The number of hydrogen-bond donors (Lipinski definition) is 1. The van der Waals surface area contributed by atoms with E-state index >= 15 is 0 Å². The van der Waals surface area contributed by atoms with Crippen molar-refractivity contribution in [2.24, 2.45) is 0 Å². The summed E-state index contributed by atoms with van der Waals surface area (Å²) < 4.78 is 0. The molecule has 0 bridgehead atoms. The molecular weight excluding hydrogens is 212 g/mol. The predicted octanol–water partition coefficient (Wildman–Crippen LogP) is 2.21. The van der Waals surface area contributed by atoms with Crippen LogP contribution in [0.4, 0.5) is 5.69 Å². The van der Waals surface area contributed by atoms with Crippen molar-refractivity contribution in [1.82, 2.24) is 4.90 Å². The maximum atomic E-state index is 11.8. The fourth-order valence-electron chi connectivity index (χ4n) is 2.22. The first-order valence-electron chi connectivity index (χ1n) is 6.38. The summed E-state index contributed by atoms with van der Waals surface area (Å²) in [7, 11) is 0. The van der Waals surface area contributed by atoms with E-state index in [1.807, 2.05) is 29.2 Å². The minimum atomic E-state index is 0.318. The van der Waals surface area contributed by atoms with E-state index in [1.54, 1.807) is 0 Å². The summed E-state index contributed by atoms with van der Waals surface area (Å²) >= 11 is 0. The fourth-order valence-corrected chi connectivity index (χ4v) is 2.22. The number of rotatable bonds is 3. The van der Waals surface area contributed by atoms with Crippen LogP contribution in [-0.2, 0) is 11.2 Å². The van der Waals surface area contributed by atoms with Crippen LogP contribution in [0.25, 0.3) is 0 Å². The number of hydrogen-bond acceptors (Lipinski definition) is 2. The van der Waals surface area contributed by atoms with Gasteiger partial charge in [-0.25, -0.2) is 0 Å². The second-order valence-electron chi connectivity index (χ2n) is 4.68. The molecule has 3 heteroatoms. The largest absolute Gasteiger partial charge is 0.399 e. The summed E-state index contributed by atoms with van der Waals surface area (Å²) in [5.74, 6) is 0.318. The lowest BCUT2D eigenvalue weighted by molar-refractivity contribution is -0.130. The van der Waals surface area contributed by atoms with Crippen molar-refractivity contribution in [3.05, 3.63) is 29.8 Å². The summed E-state index contributed by atoms with van der Waals surface area (Å²) in [4.78, 5) is 13.8. The monoisotopic (exact) mass is 232 g/mol. The maximum Gasteiger partial charge on any atom is 0.222 e. The van der Waals surface area contributed by atoms with E-state index in [0.717, 1.165) is 44.5 Å². The Morgan fingerprint density at radius 3 is 2.65 bits per heavy atom. The number of amides is 1. The van der Waals surface area contributed by atoms with Gasteiger partial charge in [0, 0.05) is 25.2 Å². The third-order valence-electron chi connectivity index (χ3n) is 3.32. The van der Waals surface area contributed by atoms with Crippen molar-refractivity contribution >= 4 is 11.6 Å². The lowest BCUT2D eigenvalue weighted by Gasteiger charge is -2.20. The first kappa shape index (κ1) is 12.0. The molecule has 2 N–H and O–H groups in total. The molecule has 0 aromatic heterocycles. The van der Waals surface area contributed by atoms with Crippen LogP contribution in [0.1, 0.15) is 31.2 Å². The zero-order chi connectivity index (χ0) is 12.1. The quantitative estimate of drug-likeness (QED) is 0.812. The van der Waals surface area contributed by atoms with Gasteiger partial charge in [0.2, 0.25) is 5.91 Å². The summed E-state index contributed by atoms with van der Waals surface area (Å²) in [6.45, 7) is 1.76. The Kier molecular flexibility index (Phi) is 4.02. The number of carbonyl (C=O) groups excluding carboxylic acids is 1. The Hall–Kier alpha value is -1.51. The third kappa shape index (κ3) is 3.48. The zero-order valence-electron chi connectivity index (χ0n) is 10.2. The SMILES string of the molecule is Nc1ccc(CCN2CCCCCC2=O)cc1. The van der Waals surface area contributed by atoms with Gasteiger partial charge in [0.25, 0.3) is 0 Å². The molecule has 1 amide bonds. The Bertz CT molecular complexity index is 372. The first-order chi connectivity index (χ1) is 8.25. The number of nitrogens with zero attached hydrogens (tertiary/aromatic N) is 1. The van der Waals surface area contributed by atoms with Crippen LogP contribution in [-0.4, -0.2) is 23.9 Å². The van der Waals surface area contributed by atoms with Gasteiger partial charge in [0.15, 0.2) is 0 Å². The van der Waals surface area contributed by atoms with Crippen molar-refractivity contribution in [2.75, 3.05) is 18.8 Å². The van der Waals surface area contributed by atoms with Crippen molar-refractivity contribution in [3.8, 4) is 0 Å². The topological polar surface area (TPSA) is 46.3 Å². The number of nitrogens with two attached hydrogens (primary N) is 1. The molecule has 0 atom stereocenters. The molecule has 0 radical (unpaired) electrons. The number of anilines is 1. The molecular formula is C14H20N2O. The maximum absolute atomic E-state index is 11.8. The molecule has 0 aliphatic carbocycles. The summed E-state index contributed by atoms with van der Waals surface area (Å²) in [5, 5.41) is 0. The highest BCUT2D eigenvalue weighted by Crippen LogP contribution is 2.12. The van der Waals surface area contributed by atoms with Crippen LogP contribution >= 0.6 is 0 Å². The molecule has 1 saturated heterocycles. The lowest BCUT2D eigenvalue weighted by Crippen LogP contribution is -2.32. The van der Waals surface area contributed by atoms with Gasteiger partial charge in [-0.05, 0) is 37.0 Å². The summed E-state index contributed by atoms with van der Waals surface area (Å²) in [5.41, 5.74) is 7.68. The van der Waals surface area contributed by atoms with Crippen LogP contribution in [0.3, 0.4) is 0 Å². The number of likely N-dealkylation sites (tertiary alicyclic amines) is 1. The molecule has 1 aliphatic heterocycles. The average Bonchev–Trinajstić information content (AvgIpc) is 2.54. The molecule has 3 nitrogen and oxygen atoms in total. The summed E-state index contributed by atoms with van der Waals surface area (Å²) in [6, 6.07) is 7.91. The predicted molar refractivity (Wildman–Crippen MR) is 69.6 cm³/mol. The van der Waals surface area contributed by atoms with Crippen molar-refractivity contribution in [3.63, 3.8) is 0 Å². The van der Waals surface area contributed by atoms with Crippen LogP contribution in [0.2, 0.25) is 0 Å². The van der Waals surface area contributed by atoms with Gasteiger partial charge in [-0.3, -0.25) is 4.79 Å². The average molecular weight is 232 g/mol. The number of nitrogen functional groups attached to an aromatic ring is 1. The van der Waals surface area contributed by atoms with Crippen LogP contribution < -0.4 is 5.73 Å². The first-order valence-corrected chi connectivity index (χ1v) is 6.38. The second-order valence-corrected chi connectivity index (χ2v) is 4.68. The van der Waals surface area contributed by atoms with E-state index in [0.29, 0.717) is 5.91 Å². The molecule has 1 heterocycles. The van der Waals surface area contributed by atoms with E-state index in [9.17, 15) is 4.79 Å². The highest BCUT2D eigenvalue weighted by Gasteiger charge is 2.15. The van der Waals surface area contributed by atoms with Crippen molar-refractivity contribution in [2.45, 2.75) is 32.1 Å². The van der Waals surface area contributed by atoms with Gasteiger partial charge in [0.1, 0.15) is 0 Å². The van der Waals surface area contributed by atoms with Crippen molar-refractivity contribution in [1.29, 1.82) is 0 Å². The molecule has 2 rings (SSSR count). The van der Waals surface area contributed by atoms with Gasteiger partial charge >= 0.3 is 0 Å². The molecule has 1 aliphatic rings. The smallest absolute Gasteiger partial charge is 0.222 e.